The van der Waals surface area contributed by atoms with E-state index in [-0.39, 0.29) is 18.2 Å². The van der Waals surface area contributed by atoms with Gasteiger partial charge in [-0.3, -0.25) is 0 Å². The lowest BCUT2D eigenvalue weighted by atomic mass is 10.2. The molecule has 0 radical (unpaired) electrons. The third-order valence-corrected chi connectivity index (χ3v) is 4.57. The van der Waals surface area contributed by atoms with E-state index >= 15 is 0 Å². The van der Waals surface area contributed by atoms with Gasteiger partial charge in [0.05, 0.1) is 11.6 Å². The van der Waals surface area contributed by atoms with Crippen molar-refractivity contribution in [2.24, 2.45) is 0 Å². The number of carbonyl (C=O) groups is 1. The van der Waals surface area contributed by atoms with Gasteiger partial charge in [-0.25, -0.2) is 14.8 Å². The van der Waals surface area contributed by atoms with Crippen LogP contribution in [0.4, 0.5) is 10.7 Å². The molecule has 1 aliphatic rings. The number of nitrogens with zero attached hydrogens (tertiary/aromatic N) is 2. The van der Waals surface area contributed by atoms with Crippen LogP contribution in [0, 0.1) is 0 Å². The van der Waals surface area contributed by atoms with E-state index in [1.54, 1.807) is 6.20 Å². The van der Waals surface area contributed by atoms with Gasteiger partial charge >= 0.3 is 6.09 Å². The van der Waals surface area contributed by atoms with Crippen LogP contribution < -0.4 is 10.6 Å². The highest BCUT2D eigenvalue weighted by atomic mass is 79.9. The average Bonchev–Trinajstić information content (AvgIpc) is 2.92. The molecule has 2 N–H and O–H groups in total. The zero-order valence-electron chi connectivity index (χ0n) is 14.7. The molecule has 1 saturated carbocycles. The van der Waals surface area contributed by atoms with E-state index in [2.05, 4.69) is 36.5 Å². The molecule has 25 heavy (non-hydrogen) atoms. The fourth-order valence-corrected chi connectivity index (χ4v) is 3.38. The number of aromatic nitrogens is 2. The van der Waals surface area contributed by atoms with Crippen LogP contribution >= 0.6 is 15.9 Å². The van der Waals surface area contributed by atoms with Gasteiger partial charge in [-0.1, -0.05) is 15.9 Å². The Morgan fingerprint density at radius 1 is 1.28 bits per heavy atom. The number of fused-ring (bicyclic) bond motifs is 1. The van der Waals surface area contributed by atoms with E-state index < -0.39 is 5.60 Å². The molecular formula is C18H23BrN4O2. The van der Waals surface area contributed by atoms with E-state index in [1.165, 1.54) is 0 Å². The first-order valence-corrected chi connectivity index (χ1v) is 9.28. The van der Waals surface area contributed by atoms with Gasteiger partial charge in [-0.15, -0.1) is 0 Å². The van der Waals surface area contributed by atoms with Crippen molar-refractivity contribution in [2.45, 2.75) is 57.7 Å². The molecule has 0 bridgehead atoms. The van der Waals surface area contributed by atoms with Crippen molar-refractivity contribution >= 4 is 38.9 Å². The van der Waals surface area contributed by atoms with Crippen molar-refractivity contribution in [2.75, 3.05) is 5.32 Å². The van der Waals surface area contributed by atoms with E-state index in [4.69, 9.17) is 4.74 Å². The molecule has 134 valence electrons. The van der Waals surface area contributed by atoms with Crippen molar-refractivity contribution in [1.82, 2.24) is 15.3 Å². The van der Waals surface area contributed by atoms with E-state index in [1.807, 2.05) is 39.0 Å². The monoisotopic (exact) mass is 406 g/mol. The number of halogens is 1. The quantitative estimate of drug-likeness (QED) is 0.796. The number of rotatable bonds is 3. The SMILES string of the molecule is CC(C)(C)OC(=O)N[C@H]1CCC[C@H]1Nc1ncc2cc(Br)ccc2n1. The lowest BCUT2D eigenvalue weighted by molar-refractivity contribution is 0.0503. The minimum Gasteiger partial charge on any atom is -0.444 e. The van der Waals surface area contributed by atoms with Crippen molar-refractivity contribution in [1.29, 1.82) is 0 Å². The third kappa shape index (κ3) is 4.81. The van der Waals surface area contributed by atoms with Crippen molar-refractivity contribution in [3.05, 3.63) is 28.9 Å². The first kappa shape index (κ1) is 17.9. The predicted octanol–water partition coefficient (Wildman–Crippen LogP) is 4.25. The van der Waals surface area contributed by atoms with E-state index in [0.29, 0.717) is 5.95 Å². The van der Waals surface area contributed by atoms with Gasteiger partial charge in [0, 0.05) is 22.1 Å². The van der Waals surface area contributed by atoms with Crippen molar-refractivity contribution < 1.29 is 9.53 Å². The Balaban J connectivity index is 1.67. The summed E-state index contributed by atoms with van der Waals surface area (Å²) in [6, 6.07) is 6.01. The molecule has 6 nitrogen and oxygen atoms in total. The van der Waals surface area contributed by atoms with E-state index in [0.717, 1.165) is 34.6 Å². The van der Waals surface area contributed by atoms with Crippen LogP contribution in [0.3, 0.4) is 0 Å². The Morgan fingerprint density at radius 3 is 2.80 bits per heavy atom. The molecule has 1 fully saturated rings. The van der Waals surface area contributed by atoms with Crippen LogP contribution in [-0.2, 0) is 4.74 Å². The zero-order chi connectivity index (χ0) is 18.0. The highest BCUT2D eigenvalue weighted by Crippen LogP contribution is 2.24. The van der Waals surface area contributed by atoms with Gasteiger partial charge in [0.1, 0.15) is 5.60 Å². The topological polar surface area (TPSA) is 76.1 Å². The molecule has 1 aromatic heterocycles. The number of anilines is 1. The Kier molecular flexibility index (Phi) is 5.13. The molecule has 2 aromatic rings. The molecule has 2 atom stereocenters. The third-order valence-electron chi connectivity index (χ3n) is 4.07. The number of amides is 1. The fourth-order valence-electron chi connectivity index (χ4n) is 3.00. The Labute approximate surface area is 155 Å². The van der Waals surface area contributed by atoms with Crippen LogP contribution in [0.1, 0.15) is 40.0 Å². The molecular weight excluding hydrogens is 384 g/mol. The van der Waals surface area contributed by atoms with Gasteiger partial charge < -0.3 is 15.4 Å². The maximum absolute atomic E-state index is 12.0. The molecule has 0 aliphatic heterocycles. The summed E-state index contributed by atoms with van der Waals surface area (Å²) in [4.78, 5) is 21.0. The van der Waals surface area contributed by atoms with Gasteiger partial charge in [-0.05, 0) is 58.2 Å². The second-order valence-electron chi connectivity index (χ2n) is 7.33. The lowest BCUT2D eigenvalue weighted by Gasteiger charge is -2.25. The average molecular weight is 407 g/mol. The van der Waals surface area contributed by atoms with Gasteiger partial charge in [-0.2, -0.15) is 0 Å². The number of hydrogen-bond acceptors (Lipinski definition) is 5. The smallest absolute Gasteiger partial charge is 0.407 e. The summed E-state index contributed by atoms with van der Waals surface area (Å²) in [5.41, 5.74) is 0.386. The summed E-state index contributed by atoms with van der Waals surface area (Å²) in [5, 5.41) is 7.31. The van der Waals surface area contributed by atoms with Gasteiger partial charge in [0.2, 0.25) is 5.95 Å². The maximum Gasteiger partial charge on any atom is 0.407 e. The number of alkyl carbamates (subject to hydrolysis) is 1. The summed E-state index contributed by atoms with van der Waals surface area (Å²) in [6.07, 6.45) is 4.34. The molecule has 1 amide bonds. The minimum absolute atomic E-state index is 0.0130. The first-order valence-electron chi connectivity index (χ1n) is 8.48. The fraction of sp³-hybridized carbons (Fsp3) is 0.500. The van der Waals surface area contributed by atoms with Crippen LogP contribution in [0.25, 0.3) is 10.9 Å². The number of benzene rings is 1. The second-order valence-corrected chi connectivity index (χ2v) is 8.25. The summed E-state index contributed by atoms with van der Waals surface area (Å²) in [6.45, 7) is 5.58. The maximum atomic E-state index is 12.0. The molecule has 0 unspecified atom stereocenters. The van der Waals surface area contributed by atoms with Crippen molar-refractivity contribution in [3.8, 4) is 0 Å². The van der Waals surface area contributed by atoms with E-state index in [9.17, 15) is 4.79 Å². The Hall–Kier alpha value is -1.89. The van der Waals surface area contributed by atoms with Crippen LogP contribution in [0.2, 0.25) is 0 Å². The number of hydrogen-bond donors (Lipinski definition) is 2. The Morgan fingerprint density at radius 2 is 2.04 bits per heavy atom. The summed E-state index contributed by atoms with van der Waals surface area (Å²) in [5.74, 6) is 0.581. The second kappa shape index (κ2) is 7.15. The summed E-state index contributed by atoms with van der Waals surface area (Å²) in [7, 11) is 0. The number of nitrogens with one attached hydrogen (secondary N) is 2. The lowest BCUT2D eigenvalue weighted by Crippen LogP contribution is -2.45. The van der Waals surface area contributed by atoms with Crippen LogP contribution in [-0.4, -0.2) is 33.7 Å². The Bertz CT molecular complexity index is 775. The van der Waals surface area contributed by atoms with Gasteiger partial charge in [0.25, 0.3) is 0 Å². The number of carbonyl (C=O) groups excluding carboxylic acids is 1. The molecule has 0 spiro atoms. The predicted molar refractivity (Wildman–Crippen MR) is 102 cm³/mol. The standard InChI is InChI=1S/C18H23BrN4O2/c1-18(2,3)25-17(24)23-15-6-4-5-14(15)22-16-20-10-11-9-12(19)7-8-13(11)21-16/h7-10,14-15H,4-6H2,1-3H3,(H,23,24)(H,20,21,22)/t14-,15+/m1/s1. The molecule has 1 heterocycles. The van der Waals surface area contributed by atoms with Crippen molar-refractivity contribution in [3.63, 3.8) is 0 Å². The molecule has 1 aliphatic carbocycles. The first-order chi connectivity index (χ1) is 11.8. The summed E-state index contributed by atoms with van der Waals surface area (Å²) < 4.78 is 6.36. The van der Waals surface area contributed by atoms with Gasteiger partial charge in [0.15, 0.2) is 0 Å². The summed E-state index contributed by atoms with van der Waals surface area (Å²) >= 11 is 3.45. The van der Waals surface area contributed by atoms with Crippen LogP contribution in [0.5, 0.6) is 0 Å². The molecule has 0 saturated heterocycles. The highest BCUT2D eigenvalue weighted by molar-refractivity contribution is 9.10. The highest BCUT2D eigenvalue weighted by Gasteiger charge is 2.30. The molecule has 7 heteroatoms. The molecule has 3 rings (SSSR count). The largest absolute Gasteiger partial charge is 0.444 e. The zero-order valence-corrected chi connectivity index (χ0v) is 16.3. The number of ether oxygens (including phenoxy) is 1. The van der Waals surface area contributed by atoms with Crippen LogP contribution in [0.15, 0.2) is 28.9 Å². The normalized spacial score (nSPS) is 20.5. The molecule has 1 aromatic carbocycles. The minimum atomic E-state index is -0.499.